The molecule has 0 aliphatic carbocycles. The van der Waals surface area contributed by atoms with E-state index in [0.29, 0.717) is 6.54 Å². The highest BCUT2D eigenvalue weighted by Gasteiger charge is 2.19. The molecular weight excluding hydrogens is 250 g/mol. The molecule has 0 aliphatic rings. The largest absolute Gasteiger partial charge is 0.475 e. The van der Waals surface area contributed by atoms with Crippen molar-refractivity contribution in [2.75, 3.05) is 7.05 Å². The average molecular weight is 263 g/mol. The predicted molar refractivity (Wildman–Crippen MR) is 64.7 cm³/mol. The Labute approximate surface area is 109 Å². The van der Waals surface area contributed by atoms with Gasteiger partial charge in [0.15, 0.2) is 5.76 Å². The van der Waals surface area contributed by atoms with Gasteiger partial charge in [0, 0.05) is 26.5 Å². The summed E-state index contributed by atoms with van der Waals surface area (Å²) in [7, 11) is 3.43. The third-order valence-electron chi connectivity index (χ3n) is 2.67. The first-order chi connectivity index (χ1) is 8.99. The number of amides is 1. The molecule has 0 aromatic carbocycles. The monoisotopic (exact) mass is 263 g/mol. The van der Waals surface area contributed by atoms with E-state index in [1.807, 2.05) is 7.05 Å². The van der Waals surface area contributed by atoms with Gasteiger partial charge in [0.2, 0.25) is 5.76 Å². The Kier molecular flexibility index (Phi) is 3.37. The second kappa shape index (κ2) is 4.97. The molecule has 1 amide bonds. The van der Waals surface area contributed by atoms with Crippen LogP contribution >= 0.6 is 0 Å². The number of carboxylic acids is 1. The molecule has 1 N–H and O–H groups in total. The smallest absolute Gasteiger partial charge is 0.371 e. The van der Waals surface area contributed by atoms with Crippen LogP contribution in [0.2, 0.25) is 0 Å². The lowest BCUT2D eigenvalue weighted by atomic mass is 10.3. The van der Waals surface area contributed by atoms with Gasteiger partial charge in [-0.05, 0) is 12.1 Å². The number of carboxylic acid groups (broad SMARTS) is 1. The zero-order valence-corrected chi connectivity index (χ0v) is 10.5. The average Bonchev–Trinajstić information content (AvgIpc) is 2.98. The first-order valence-corrected chi connectivity index (χ1v) is 5.54. The lowest BCUT2D eigenvalue weighted by Crippen LogP contribution is -2.27. The number of nitrogens with zero attached hydrogens (tertiary/aromatic N) is 3. The minimum Gasteiger partial charge on any atom is -0.475 e. The Morgan fingerprint density at radius 3 is 2.63 bits per heavy atom. The quantitative estimate of drug-likeness (QED) is 0.888. The molecule has 0 atom stereocenters. The third kappa shape index (κ3) is 2.65. The molecule has 7 nitrogen and oxygen atoms in total. The standard InChI is InChI=1S/C12H13N3O4/c1-14-6-5-13-10(14)7-15(2)11(16)8-3-4-9(19-8)12(17)18/h3-6H,7H2,1-2H3,(H,17,18). The van der Waals surface area contributed by atoms with Gasteiger partial charge in [0.25, 0.3) is 5.91 Å². The van der Waals surface area contributed by atoms with E-state index in [1.165, 1.54) is 17.0 Å². The Morgan fingerprint density at radius 2 is 2.11 bits per heavy atom. The molecule has 0 fully saturated rings. The van der Waals surface area contributed by atoms with Crippen molar-refractivity contribution >= 4 is 11.9 Å². The number of hydrogen-bond donors (Lipinski definition) is 1. The number of carbonyl (C=O) groups excluding carboxylic acids is 1. The van der Waals surface area contributed by atoms with Gasteiger partial charge in [-0.1, -0.05) is 0 Å². The summed E-state index contributed by atoms with van der Waals surface area (Å²) in [4.78, 5) is 28.2. The Morgan fingerprint density at radius 1 is 1.42 bits per heavy atom. The number of rotatable bonds is 4. The highest BCUT2D eigenvalue weighted by atomic mass is 16.4. The number of aromatic carboxylic acids is 1. The van der Waals surface area contributed by atoms with Crippen LogP contribution in [-0.4, -0.2) is 38.5 Å². The second-order valence-corrected chi connectivity index (χ2v) is 4.08. The van der Waals surface area contributed by atoms with Gasteiger partial charge in [-0.15, -0.1) is 0 Å². The molecule has 0 saturated carbocycles. The molecule has 100 valence electrons. The van der Waals surface area contributed by atoms with Crippen molar-refractivity contribution in [3.8, 4) is 0 Å². The van der Waals surface area contributed by atoms with Crippen LogP contribution in [0.5, 0.6) is 0 Å². The van der Waals surface area contributed by atoms with Gasteiger partial charge in [0.1, 0.15) is 5.82 Å². The van der Waals surface area contributed by atoms with Crippen LogP contribution in [0.1, 0.15) is 26.9 Å². The Hall–Kier alpha value is -2.57. The van der Waals surface area contributed by atoms with Crippen molar-refractivity contribution in [2.45, 2.75) is 6.54 Å². The maximum Gasteiger partial charge on any atom is 0.371 e. The van der Waals surface area contributed by atoms with Crippen LogP contribution in [-0.2, 0) is 13.6 Å². The van der Waals surface area contributed by atoms with E-state index in [0.717, 1.165) is 5.82 Å². The van der Waals surface area contributed by atoms with Gasteiger partial charge in [-0.2, -0.15) is 0 Å². The van der Waals surface area contributed by atoms with Crippen LogP contribution in [0.15, 0.2) is 28.9 Å². The molecule has 0 aliphatic heterocycles. The normalized spacial score (nSPS) is 10.4. The Balaban J connectivity index is 2.10. The van der Waals surface area contributed by atoms with Crippen molar-refractivity contribution in [2.24, 2.45) is 7.05 Å². The second-order valence-electron chi connectivity index (χ2n) is 4.08. The SMILES string of the molecule is CN(Cc1nccn1C)C(=O)c1ccc(C(=O)O)o1. The molecule has 0 radical (unpaired) electrons. The Bertz CT molecular complexity index is 614. The van der Waals surface area contributed by atoms with E-state index < -0.39 is 11.9 Å². The summed E-state index contributed by atoms with van der Waals surface area (Å²) in [5, 5.41) is 8.73. The van der Waals surface area contributed by atoms with Crippen LogP contribution in [0.25, 0.3) is 0 Å². The number of imidazole rings is 1. The van der Waals surface area contributed by atoms with Crippen molar-refractivity contribution in [1.29, 1.82) is 0 Å². The zero-order valence-electron chi connectivity index (χ0n) is 10.5. The fourth-order valence-electron chi connectivity index (χ4n) is 1.59. The molecule has 2 heterocycles. The molecular formula is C12H13N3O4. The fourth-order valence-corrected chi connectivity index (χ4v) is 1.59. The first kappa shape index (κ1) is 12.9. The molecule has 7 heteroatoms. The number of furan rings is 1. The van der Waals surface area contributed by atoms with Crippen LogP contribution in [0, 0.1) is 0 Å². The fraction of sp³-hybridized carbons (Fsp3) is 0.250. The number of aromatic nitrogens is 2. The molecule has 0 saturated heterocycles. The van der Waals surface area contributed by atoms with Gasteiger partial charge >= 0.3 is 5.97 Å². The molecule has 2 rings (SSSR count). The summed E-state index contributed by atoms with van der Waals surface area (Å²) in [5.41, 5.74) is 0. The van der Waals surface area contributed by atoms with Crippen molar-refractivity contribution in [3.05, 3.63) is 41.9 Å². The summed E-state index contributed by atoms with van der Waals surface area (Å²) < 4.78 is 6.76. The maximum absolute atomic E-state index is 12.0. The first-order valence-electron chi connectivity index (χ1n) is 5.54. The number of hydrogen-bond acceptors (Lipinski definition) is 4. The molecule has 2 aromatic rings. The van der Waals surface area contributed by atoms with E-state index in [1.54, 1.807) is 24.0 Å². The minimum atomic E-state index is -1.20. The van der Waals surface area contributed by atoms with Crippen LogP contribution < -0.4 is 0 Å². The van der Waals surface area contributed by atoms with Crippen LogP contribution in [0.4, 0.5) is 0 Å². The predicted octanol–water partition coefficient (Wildman–Crippen LogP) is 0.984. The van der Waals surface area contributed by atoms with E-state index in [9.17, 15) is 9.59 Å². The third-order valence-corrected chi connectivity index (χ3v) is 2.67. The highest BCUT2D eigenvalue weighted by Crippen LogP contribution is 2.11. The topological polar surface area (TPSA) is 88.6 Å². The van der Waals surface area contributed by atoms with Gasteiger partial charge in [-0.25, -0.2) is 9.78 Å². The van der Waals surface area contributed by atoms with E-state index in [4.69, 9.17) is 9.52 Å². The highest BCUT2D eigenvalue weighted by molar-refractivity contribution is 5.93. The van der Waals surface area contributed by atoms with E-state index in [2.05, 4.69) is 4.98 Å². The van der Waals surface area contributed by atoms with E-state index >= 15 is 0 Å². The van der Waals surface area contributed by atoms with Crippen molar-refractivity contribution in [3.63, 3.8) is 0 Å². The summed E-state index contributed by atoms with van der Waals surface area (Å²) in [6.07, 6.45) is 3.42. The molecule has 0 spiro atoms. The lowest BCUT2D eigenvalue weighted by Gasteiger charge is -2.15. The minimum absolute atomic E-state index is 0.00545. The van der Waals surface area contributed by atoms with E-state index in [-0.39, 0.29) is 11.5 Å². The summed E-state index contributed by atoms with van der Waals surface area (Å²) >= 11 is 0. The summed E-state index contributed by atoms with van der Waals surface area (Å²) in [5.74, 6) is -1.13. The van der Waals surface area contributed by atoms with Gasteiger partial charge in [0.05, 0.1) is 6.54 Å². The number of carbonyl (C=O) groups is 2. The molecule has 19 heavy (non-hydrogen) atoms. The lowest BCUT2D eigenvalue weighted by molar-refractivity contribution is 0.0652. The summed E-state index contributed by atoms with van der Waals surface area (Å²) in [6.45, 7) is 0.311. The van der Waals surface area contributed by atoms with Gasteiger partial charge in [-0.3, -0.25) is 4.79 Å². The molecule has 2 aromatic heterocycles. The van der Waals surface area contributed by atoms with Crippen molar-refractivity contribution in [1.82, 2.24) is 14.5 Å². The number of aryl methyl sites for hydroxylation is 1. The summed E-state index contributed by atoms with van der Waals surface area (Å²) in [6, 6.07) is 2.60. The zero-order chi connectivity index (χ0) is 14.0. The van der Waals surface area contributed by atoms with Crippen LogP contribution in [0.3, 0.4) is 0 Å². The molecule has 0 bridgehead atoms. The maximum atomic E-state index is 12.0. The van der Waals surface area contributed by atoms with Gasteiger partial charge < -0.3 is 19.0 Å². The van der Waals surface area contributed by atoms with Crippen molar-refractivity contribution < 1.29 is 19.1 Å². The molecule has 0 unspecified atom stereocenters.